The molecule has 4 heterocycles. The Balaban J connectivity index is 1.25. The average molecular weight is 440 g/mol. The summed E-state index contributed by atoms with van der Waals surface area (Å²) in [6.45, 7) is 7.09. The number of benzene rings is 1. The number of imide groups is 2. The normalized spacial score (nSPS) is 25.3. The Hall–Kier alpha value is -2.78. The lowest BCUT2D eigenvalue weighted by atomic mass is 9.97. The van der Waals surface area contributed by atoms with E-state index in [1.165, 1.54) is 12.8 Å². The number of nitrogens with zero attached hydrogens (tertiary/aromatic N) is 3. The number of anilines is 1. The fourth-order valence-electron chi connectivity index (χ4n) is 5.27. The molecule has 3 fully saturated rings. The van der Waals surface area contributed by atoms with Crippen molar-refractivity contribution in [2.45, 2.75) is 31.7 Å². The second kappa shape index (κ2) is 8.63. The molecule has 5 rings (SSSR count). The molecule has 1 aromatic carbocycles. The van der Waals surface area contributed by atoms with Crippen molar-refractivity contribution in [3.8, 4) is 0 Å². The van der Waals surface area contributed by atoms with Gasteiger partial charge in [0.2, 0.25) is 11.8 Å². The van der Waals surface area contributed by atoms with Crippen molar-refractivity contribution in [2.75, 3.05) is 50.7 Å². The van der Waals surface area contributed by atoms with Crippen molar-refractivity contribution in [2.24, 2.45) is 5.92 Å². The summed E-state index contributed by atoms with van der Waals surface area (Å²) >= 11 is 0. The third-order valence-corrected chi connectivity index (χ3v) is 7.14. The molecular formula is C23H29N5O4. The second-order valence-corrected chi connectivity index (χ2v) is 9.16. The summed E-state index contributed by atoms with van der Waals surface area (Å²) in [5.74, 6) is -1.10. The van der Waals surface area contributed by atoms with Gasteiger partial charge in [-0.15, -0.1) is 0 Å². The molecule has 0 saturated carbocycles. The van der Waals surface area contributed by atoms with Gasteiger partial charge in [-0.3, -0.25) is 34.3 Å². The molecule has 32 heavy (non-hydrogen) atoms. The predicted molar refractivity (Wildman–Crippen MR) is 117 cm³/mol. The zero-order valence-electron chi connectivity index (χ0n) is 18.1. The van der Waals surface area contributed by atoms with Crippen molar-refractivity contribution < 1.29 is 19.2 Å². The Bertz CT molecular complexity index is 950. The number of carbonyl (C=O) groups is 4. The van der Waals surface area contributed by atoms with Crippen LogP contribution in [0.4, 0.5) is 5.69 Å². The number of piperazine rings is 1. The topological polar surface area (TPSA) is 102 Å². The molecule has 4 aliphatic heterocycles. The summed E-state index contributed by atoms with van der Waals surface area (Å²) < 4.78 is 0. The first-order valence-corrected chi connectivity index (χ1v) is 11.5. The summed E-state index contributed by atoms with van der Waals surface area (Å²) in [4.78, 5) is 55.4. The molecule has 170 valence electrons. The van der Waals surface area contributed by atoms with E-state index in [0.717, 1.165) is 62.3 Å². The Labute approximate surface area is 187 Å². The van der Waals surface area contributed by atoms with Crippen LogP contribution in [0, 0.1) is 5.92 Å². The lowest BCUT2D eigenvalue weighted by Crippen LogP contribution is -2.54. The molecule has 0 aromatic heterocycles. The van der Waals surface area contributed by atoms with Gasteiger partial charge in [-0.1, -0.05) is 0 Å². The number of carbonyl (C=O) groups excluding carboxylic acids is 4. The fourth-order valence-corrected chi connectivity index (χ4v) is 5.27. The zero-order chi connectivity index (χ0) is 22.2. The molecule has 0 aliphatic carbocycles. The highest BCUT2D eigenvalue weighted by Crippen LogP contribution is 2.31. The maximum Gasteiger partial charge on any atom is 0.262 e. The molecular weight excluding hydrogens is 410 g/mol. The van der Waals surface area contributed by atoms with E-state index >= 15 is 0 Å². The van der Waals surface area contributed by atoms with Crippen LogP contribution in [0.2, 0.25) is 0 Å². The van der Waals surface area contributed by atoms with Crippen LogP contribution in [0.1, 0.15) is 46.4 Å². The maximum atomic E-state index is 13.1. The van der Waals surface area contributed by atoms with Crippen molar-refractivity contribution >= 4 is 29.3 Å². The smallest absolute Gasteiger partial charge is 0.262 e. The summed E-state index contributed by atoms with van der Waals surface area (Å²) in [6.07, 6.45) is 2.77. The van der Waals surface area contributed by atoms with Gasteiger partial charge in [0, 0.05) is 44.8 Å². The van der Waals surface area contributed by atoms with Crippen LogP contribution in [0.5, 0.6) is 0 Å². The lowest BCUT2D eigenvalue weighted by molar-refractivity contribution is -0.136. The third kappa shape index (κ3) is 3.91. The molecule has 3 saturated heterocycles. The first-order valence-electron chi connectivity index (χ1n) is 11.5. The number of rotatable bonds is 4. The van der Waals surface area contributed by atoms with Crippen molar-refractivity contribution in [3.63, 3.8) is 0 Å². The molecule has 1 atom stereocenters. The Morgan fingerprint density at radius 2 is 1.59 bits per heavy atom. The molecule has 2 N–H and O–H groups in total. The van der Waals surface area contributed by atoms with Crippen molar-refractivity contribution in [1.29, 1.82) is 0 Å². The third-order valence-electron chi connectivity index (χ3n) is 7.14. The highest BCUT2D eigenvalue weighted by Gasteiger charge is 2.44. The lowest BCUT2D eigenvalue weighted by Gasteiger charge is -2.38. The average Bonchev–Trinajstić information content (AvgIpc) is 3.05. The van der Waals surface area contributed by atoms with E-state index in [4.69, 9.17) is 0 Å². The number of amides is 4. The molecule has 0 spiro atoms. The number of fused-ring (bicyclic) bond motifs is 1. The van der Waals surface area contributed by atoms with E-state index in [1.54, 1.807) is 12.1 Å². The Kier molecular flexibility index (Phi) is 5.69. The predicted octanol–water partition coefficient (Wildman–Crippen LogP) is 0.209. The molecule has 9 nitrogen and oxygen atoms in total. The summed E-state index contributed by atoms with van der Waals surface area (Å²) in [5.41, 5.74) is 1.60. The van der Waals surface area contributed by atoms with E-state index in [2.05, 4.69) is 20.4 Å². The van der Waals surface area contributed by atoms with Gasteiger partial charge in [-0.25, -0.2) is 0 Å². The van der Waals surface area contributed by atoms with Crippen molar-refractivity contribution in [1.82, 2.24) is 20.4 Å². The summed E-state index contributed by atoms with van der Waals surface area (Å²) in [7, 11) is 0. The van der Waals surface area contributed by atoms with E-state index < -0.39 is 23.8 Å². The molecule has 1 aromatic rings. The van der Waals surface area contributed by atoms with Crippen LogP contribution >= 0.6 is 0 Å². The minimum atomic E-state index is -0.929. The van der Waals surface area contributed by atoms with Gasteiger partial charge in [0.15, 0.2) is 0 Å². The number of piperidine rings is 2. The molecule has 0 bridgehead atoms. The Morgan fingerprint density at radius 1 is 0.875 bits per heavy atom. The molecule has 9 heteroatoms. The minimum Gasteiger partial charge on any atom is -0.369 e. The molecule has 4 amide bonds. The van der Waals surface area contributed by atoms with Gasteiger partial charge >= 0.3 is 0 Å². The second-order valence-electron chi connectivity index (χ2n) is 9.16. The van der Waals surface area contributed by atoms with Gasteiger partial charge in [0.05, 0.1) is 11.1 Å². The number of nitrogens with one attached hydrogen (secondary N) is 2. The number of hydrogen-bond donors (Lipinski definition) is 2. The monoisotopic (exact) mass is 439 g/mol. The van der Waals surface area contributed by atoms with Gasteiger partial charge in [-0.05, 0) is 56.5 Å². The van der Waals surface area contributed by atoms with Crippen LogP contribution in [-0.2, 0) is 9.59 Å². The maximum absolute atomic E-state index is 13.1. The van der Waals surface area contributed by atoms with Crippen LogP contribution in [-0.4, -0.2) is 85.3 Å². The molecule has 0 radical (unpaired) electrons. The van der Waals surface area contributed by atoms with Gasteiger partial charge in [0.1, 0.15) is 6.04 Å². The van der Waals surface area contributed by atoms with E-state index in [0.29, 0.717) is 11.1 Å². The van der Waals surface area contributed by atoms with Gasteiger partial charge < -0.3 is 10.2 Å². The molecule has 4 aliphatic rings. The summed E-state index contributed by atoms with van der Waals surface area (Å²) in [6, 6.07) is 4.44. The van der Waals surface area contributed by atoms with Gasteiger partial charge in [-0.2, -0.15) is 0 Å². The van der Waals surface area contributed by atoms with E-state index in [9.17, 15) is 19.2 Å². The van der Waals surface area contributed by atoms with Crippen LogP contribution < -0.4 is 15.5 Å². The standard InChI is InChI=1S/C23H29N5O4/c29-20-4-3-19(21(30)25-20)28-22(31)17-2-1-16(13-18(17)23(28)32)27-11-9-26(10-12-27)14-15-5-7-24-8-6-15/h1-2,13,15,19,24H,3-12,14H2,(H,25,29,30). The fraction of sp³-hybridized carbons (Fsp3) is 0.565. The van der Waals surface area contributed by atoms with Crippen LogP contribution in [0.3, 0.4) is 0 Å². The quantitative estimate of drug-likeness (QED) is 0.647. The van der Waals surface area contributed by atoms with Crippen LogP contribution in [0.25, 0.3) is 0 Å². The Morgan fingerprint density at radius 3 is 2.31 bits per heavy atom. The van der Waals surface area contributed by atoms with Crippen LogP contribution in [0.15, 0.2) is 18.2 Å². The van der Waals surface area contributed by atoms with E-state index in [1.807, 2.05) is 6.07 Å². The van der Waals surface area contributed by atoms with Gasteiger partial charge in [0.25, 0.3) is 11.8 Å². The first kappa shape index (κ1) is 21.1. The largest absolute Gasteiger partial charge is 0.369 e. The summed E-state index contributed by atoms with van der Waals surface area (Å²) in [5, 5.41) is 5.65. The van der Waals surface area contributed by atoms with E-state index in [-0.39, 0.29) is 18.7 Å². The zero-order valence-corrected chi connectivity index (χ0v) is 18.1. The minimum absolute atomic E-state index is 0.122. The highest BCUT2D eigenvalue weighted by atomic mass is 16.2. The molecule has 1 unspecified atom stereocenters. The highest BCUT2D eigenvalue weighted by molar-refractivity contribution is 6.23. The SMILES string of the molecule is O=C1CCC(N2C(=O)c3ccc(N4CCN(CC5CCNCC5)CC4)cc3C2=O)C(=O)N1. The van der Waals surface area contributed by atoms with Crippen molar-refractivity contribution in [3.05, 3.63) is 29.3 Å². The number of hydrogen-bond acceptors (Lipinski definition) is 7. The first-order chi connectivity index (χ1) is 15.5.